The number of rotatable bonds is 6. The van der Waals surface area contributed by atoms with Crippen molar-refractivity contribution >= 4 is 40.1 Å². The van der Waals surface area contributed by atoms with Crippen molar-refractivity contribution in [2.45, 2.75) is 12.5 Å². The molecule has 1 aliphatic rings. The number of benzene rings is 1. The minimum absolute atomic E-state index is 0.0144. The summed E-state index contributed by atoms with van der Waals surface area (Å²) in [5.74, 6) is -0.0796. The van der Waals surface area contributed by atoms with Gasteiger partial charge in [-0.2, -0.15) is 0 Å². The van der Waals surface area contributed by atoms with Crippen LogP contribution in [0, 0.1) is 0 Å². The van der Waals surface area contributed by atoms with Crippen molar-refractivity contribution in [1.29, 1.82) is 0 Å². The highest BCUT2D eigenvalue weighted by Crippen LogP contribution is 2.34. The summed E-state index contributed by atoms with van der Waals surface area (Å²) in [4.78, 5) is 24.8. The summed E-state index contributed by atoms with van der Waals surface area (Å²) in [6.07, 6.45) is 8.97. The van der Waals surface area contributed by atoms with Crippen LogP contribution in [0.3, 0.4) is 0 Å². The molecule has 29 heavy (non-hydrogen) atoms. The molecule has 1 aromatic carbocycles. The summed E-state index contributed by atoms with van der Waals surface area (Å²) in [6, 6.07) is 8.17. The first-order chi connectivity index (χ1) is 14.1. The van der Waals surface area contributed by atoms with Crippen molar-refractivity contribution in [3.05, 3.63) is 82.0 Å². The smallest absolute Gasteiger partial charge is 0.283 e. The van der Waals surface area contributed by atoms with Gasteiger partial charge in [0, 0.05) is 42.6 Å². The van der Waals surface area contributed by atoms with Gasteiger partial charge in [0.2, 0.25) is 0 Å². The number of carbonyl (C=O) groups excluding carboxylic acids is 1. The van der Waals surface area contributed by atoms with Gasteiger partial charge in [-0.25, -0.2) is 4.98 Å². The first kappa shape index (κ1) is 21.1. The van der Waals surface area contributed by atoms with Gasteiger partial charge in [-0.05, 0) is 35.2 Å². The summed E-state index contributed by atoms with van der Waals surface area (Å²) in [6.45, 7) is 4.84. The quantitative estimate of drug-likeness (QED) is 0.554. The Bertz CT molecular complexity index is 990. The van der Waals surface area contributed by atoms with Gasteiger partial charge in [0.1, 0.15) is 0 Å². The van der Waals surface area contributed by atoms with Crippen LogP contribution in [0.25, 0.3) is 4.91 Å². The number of carbonyl (C=O) groups is 1. The van der Waals surface area contributed by atoms with Crippen LogP contribution < -0.4 is 5.73 Å². The van der Waals surface area contributed by atoms with Crippen LogP contribution in [-0.2, 0) is 6.54 Å². The van der Waals surface area contributed by atoms with Crippen LogP contribution in [0.15, 0.2) is 65.1 Å². The van der Waals surface area contributed by atoms with Crippen LogP contribution in [0.2, 0.25) is 0 Å². The van der Waals surface area contributed by atoms with Gasteiger partial charge in [0.15, 0.2) is 5.01 Å². The zero-order valence-corrected chi connectivity index (χ0v) is 18.2. The average molecular weight is 425 g/mol. The lowest BCUT2D eigenvalue weighted by Crippen LogP contribution is -2.39. The van der Waals surface area contributed by atoms with Gasteiger partial charge in [-0.15, -0.1) is 23.1 Å². The molecular formula is C22H24N4OS2. The maximum absolute atomic E-state index is 13.2. The number of thioether (sulfide) groups is 1. The topological polar surface area (TPSA) is 71.6 Å². The molecule has 0 fully saturated rings. The Morgan fingerprint density at radius 1 is 1.45 bits per heavy atom. The van der Waals surface area contributed by atoms with E-state index in [0.29, 0.717) is 18.1 Å². The molecule has 5 nitrogen and oxygen atoms in total. The zero-order valence-electron chi connectivity index (χ0n) is 16.5. The number of hydrogen-bond acceptors (Lipinski definition) is 6. The van der Waals surface area contributed by atoms with Gasteiger partial charge in [0.25, 0.3) is 5.91 Å². The van der Waals surface area contributed by atoms with E-state index < -0.39 is 0 Å². The molecule has 2 heterocycles. The molecule has 0 radical (unpaired) electrons. The summed E-state index contributed by atoms with van der Waals surface area (Å²) >= 11 is 2.96. The highest BCUT2D eigenvalue weighted by atomic mass is 32.2. The van der Waals surface area contributed by atoms with Crippen molar-refractivity contribution in [2.75, 3.05) is 19.8 Å². The Kier molecular flexibility index (Phi) is 7.06. The van der Waals surface area contributed by atoms with Crippen LogP contribution in [0.5, 0.6) is 0 Å². The zero-order chi connectivity index (χ0) is 20.8. The lowest BCUT2D eigenvalue weighted by atomic mass is 9.85. The van der Waals surface area contributed by atoms with E-state index in [1.54, 1.807) is 37.3 Å². The first-order valence-corrected chi connectivity index (χ1v) is 11.3. The molecule has 1 amide bonds. The van der Waals surface area contributed by atoms with Crippen molar-refractivity contribution in [2.24, 2.45) is 10.7 Å². The van der Waals surface area contributed by atoms with E-state index in [2.05, 4.69) is 28.7 Å². The maximum atomic E-state index is 13.2. The molecule has 7 heteroatoms. The molecule has 0 aliphatic carbocycles. The molecule has 1 atom stereocenters. The monoisotopic (exact) mass is 424 g/mol. The van der Waals surface area contributed by atoms with E-state index >= 15 is 0 Å². The van der Waals surface area contributed by atoms with Crippen LogP contribution >= 0.6 is 23.1 Å². The van der Waals surface area contributed by atoms with E-state index in [1.807, 2.05) is 34.7 Å². The predicted molar refractivity (Wildman–Crippen MR) is 124 cm³/mol. The number of aromatic nitrogens is 1. The Morgan fingerprint density at radius 2 is 2.24 bits per heavy atom. The number of fused-ring (bicyclic) bond motifs is 1. The van der Waals surface area contributed by atoms with E-state index in [9.17, 15) is 4.79 Å². The van der Waals surface area contributed by atoms with Crippen LogP contribution in [0.1, 0.15) is 32.5 Å². The van der Waals surface area contributed by atoms with Gasteiger partial charge in [-0.3, -0.25) is 9.79 Å². The van der Waals surface area contributed by atoms with E-state index in [-0.39, 0.29) is 11.8 Å². The Labute approximate surface area is 179 Å². The Balaban J connectivity index is 1.92. The average Bonchev–Trinajstić information content (AvgIpc) is 3.24. The van der Waals surface area contributed by atoms with Crippen LogP contribution in [-0.4, -0.2) is 41.9 Å². The van der Waals surface area contributed by atoms with Gasteiger partial charge >= 0.3 is 0 Å². The molecule has 1 aliphatic heterocycles. The number of nitrogens with zero attached hydrogens (tertiary/aromatic N) is 3. The summed E-state index contributed by atoms with van der Waals surface area (Å²) < 4.78 is 0. The standard InChI is InChI=1S/C22H24N4OS2/c1-4-7-20(28-3)19-14-29-21(25-19)22(27)26-12-15-8-5-6-9-17(15)18(13-26)16(10-23)11-24-2/h4-11,14,18H,1,12-13,23H2,2-3H3/b16-10+,20-7-,24-11?. The molecule has 0 saturated heterocycles. The van der Waals surface area contributed by atoms with Crippen molar-refractivity contribution in [3.63, 3.8) is 0 Å². The fourth-order valence-electron chi connectivity index (χ4n) is 3.43. The number of hydrogen-bond donors (Lipinski definition) is 1. The largest absolute Gasteiger partial charge is 0.404 e. The second-order valence-corrected chi connectivity index (χ2v) is 8.21. The second-order valence-electron chi connectivity index (χ2n) is 6.50. The molecule has 0 saturated carbocycles. The molecule has 2 aromatic rings. The highest BCUT2D eigenvalue weighted by molar-refractivity contribution is 8.07. The lowest BCUT2D eigenvalue weighted by Gasteiger charge is -2.34. The second kappa shape index (κ2) is 9.71. The molecular weight excluding hydrogens is 400 g/mol. The van der Waals surface area contributed by atoms with Crippen molar-refractivity contribution in [1.82, 2.24) is 9.88 Å². The molecule has 1 aromatic heterocycles. The third-order valence-corrected chi connectivity index (χ3v) is 6.40. The summed E-state index contributed by atoms with van der Waals surface area (Å²) in [5.41, 5.74) is 9.89. The fourth-order valence-corrected chi connectivity index (χ4v) is 4.83. The fraction of sp³-hybridized carbons (Fsp3) is 0.227. The number of nitrogens with two attached hydrogens (primary N) is 1. The SMILES string of the molecule is C=C/C=C(\SC)c1csc(C(=O)N2Cc3ccccc3C(/C(C=NC)=C/N)C2)n1. The minimum Gasteiger partial charge on any atom is -0.404 e. The van der Waals surface area contributed by atoms with Crippen molar-refractivity contribution < 1.29 is 4.79 Å². The van der Waals surface area contributed by atoms with Gasteiger partial charge in [-0.1, -0.05) is 36.9 Å². The number of thiazole rings is 1. The number of allylic oxidation sites excluding steroid dienone is 2. The number of amides is 1. The summed E-state index contributed by atoms with van der Waals surface area (Å²) in [5, 5.41) is 2.41. The lowest BCUT2D eigenvalue weighted by molar-refractivity contribution is 0.0725. The third-order valence-electron chi connectivity index (χ3n) is 4.78. The molecule has 3 rings (SSSR count). The number of aliphatic imine (C=N–C) groups is 1. The van der Waals surface area contributed by atoms with Gasteiger partial charge < -0.3 is 10.6 Å². The Morgan fingerprint density at radius 3 is 2.93 bits per heavy atom. The summed E-state index contributed by atoms with van der Waals surface area (Å²) in [7, 11) is 1.72. The minimum atomic E-state index is -0.0652. The van der Waals surface area contributed by atoms with Gasteiger partial charge in [0.05, 0.1) is 5.69 Å². The first-order valence-electron chi connectivity index (χ1n) is 9.16. The predicted octanol–water partition coefficient (Wildman–Crippen LogP) is 4.32. The maximum Gasteiger partial charge on any atom is 0.283 e. The van der Waals surface area contributed by atoms with E-state index in [4.69, 9.17) is 5.73 Å². The third kappa shape index (κ3) is 4.52. The highest BCUT2D eigenvalue weighted by Gasteiger charge is 2.31. The molecule has 0 bridgehead atoms. The molecule has 0 spiro atoms. The Hall–Kier alpha value is -2.64. The van der Waals surface area contributed by atoms with Crippen molar-refractivity contribution in [3.8, 4) is 0 Å². The normalized spacial score (nSPS) is 17.4. The molecule has 1 unspecified atom stereocenters. The van der Waals surface area contributed by atoms with E-state index in [0.717, 1.165) is 21.7 Å². The molecule has 2 N–H and O–H groups in total. The molecule has 150 valence electrons. The van der Waals surface area contributed by atoms with Crippen LogP contribution in [0.4, 0.5) is 0 Å². The van der Waals surface area contributed by atoms with E-state index in [1.165, 1.54) is 16.9 Å².